The number of rotatable bonds is 7. The second-order valence-electron chi connectivity index (χ2n) is 7.47. The van der Waals surface area contributed by atoms with E-state index in [2.05, 4.69) is 5.32 Å². The average Bonchev–Trinajstić information content (AvgIpc) is 3.05. The molecule has 3 rings (SSSR count). The van der Waals surface area contributed by atoms with Gasteiger partial charge in [-0.15, -0.1) is 11.3 Å². The van der Waals surface area contributed by atoms with E-state index in [9.17, 15) is 18.0 Å². The number of methoxy groups -OCH3 is 1. The van der Waals surface area contributed by atoms with Gasteiger partial charge in [0.05, 0.1) is 25.5 Å². The molecule has 0 radical (unpaired) electrons. The highest BCUT2D eigenvalue weighted by Gasteiger charge is 2.28. The number of hydrogen-bond acceptors (Lipinski definition) is 6. The fourth-order valence-corrected chi connectivity index (χ4v) is 5.51. The molecule has 0 aliphatic heterocycles. The molecule has 0 saturated carbocycles. The van der Waals surface area contributed by atoms with Crippen molar-refractivity contribution in [2.24, 2.45) is 0 Å². The maximum Gasteiger partial charge on any atom is 0.341 e. The fourth-order valence-electron chi connectivity index (χ4n) is 3.49. The maximum absolute atomic E-state index is 12.7. The topological polar surface area (TPSA) is 92.8 Å². The molecule has 9 heteroatoms. The first kappa shape index (κ1) is 22.5. The van der Waals surface area contributed by atoms with Crippen LogP contribution in [0.2, 0.25) is 0 Å². The Kier molecular flexibility index (Phi) is 6.95. The quantitative estimate of drug-likeness (QED) is 0.655. The summed E-state index contributed by atoms with van der Waals surface area (Å²) in [6.45, 7) is 1.71. The molecule has 7 nitrogen and oxygen atoms in total. The summed E-state index contributed by atoms with van der Waals surface area (Å²) in [6.07, 6.45) is 4.75. The molecule has 0 fully saturated rings. The molecule has 162 valence electrons. The van der Waals surface area contributed by atoms with Gasteiger partial charge in [-0.25, -0.2) is 13.2 Å². The van der Waals surface area contributed by atoms with Gasteiger partial charge in [0.2, 0.25) is 15.9 Å². The van der Waals surface area contributed by atoms with Crippen molar-refractivity contribution in [3.63, 3.8) is 0 Å². The summed E-state index contributed by atoms with van der Waals surface area (Å²) in [5, 5.41) is 3.19. The highest BCUT2D eigenvalue weighted by Crippen LogP contribution is 2.38. The molecule has 1 aromatic heterocycles. The SMILES string of the molecule is COC(=O)c1c(NC(=O)CN(Cc2ccc(C)cc2)S(C)(=O)=O)sc2c1CCCC2. The molecule has 0 bridgehead atoms. The molecule has 1 aromatic carbocycles. The summed E-state index contributed by atoms with van der Waals surface area (Å²) in [5.41, 5.74) is 3.20. The van der Waals surface area contributed by atoms with E-state index in [0.29, 0.717) is 10.6 Å². The van der Waals surface area contributed by atoms with Crippen molar-refractivity contribution in [3.8, 4) is 0 Å². The number of anilines is 1. The molecule has 1 N–H and O–H groups in total. The number of aryl methyl sites for hydroxylation is 2. The number of nitrogens with one attached hydrogen (secondary N) is 1. The highest BCUT2D eigenvalue weighted by molar-refractivity contribution is 7.88. The standard InChI is InChI=1S/C21H26N2O5S2/c1-14-8-10-15(11-9-14)12-23(30(3,26)27)13-18(24)22-20-19(21(25)28-2)16-6-4-5-7-17(16)29-20/h8-11H,4-7,12-13H2,1-3H3,(H,22,24). The average molecular weight is 451 g/mol. The number of carbonyl (C=O) groups is 2. The Morgan fingerprint density at radius 2 is 1.83 bits per heavy atom. The van der Waals surface area contributed by atoms with E-state index < -0.39 is 21.9 Å². The zero-order valence-corrected chi connectivity index (χ0v) is 19.0. The van der Waals surface area contributed by atoms with Crippen LogP contribution in [0, 0.1) is 6.92 Å². The monoisotopic (exact) mass is 450 g/mol. The van der Waals surface area contributed by atoms with E-state index in [1.807, 2.05) is 31.2 Å². The van der Waals surface area contributed by atoms with Crippen molar-refractivity contribution in [3.05, 3.63) is 51.4 Å². The maximum atomic E-state index is 12.7. The summed E-state index contributed by atoms with van der Waals surface area (Å²) in [7, 11) is -2.30. The van der Waals surface area contributed by atoms with E-state index in [0.717, 1.165) is 57.8 Å². The molecular weight excluding hydrogens is 424 g/mol. The molecule has 1 aliphatic carbocycles. The second-order valence-corrected chi connectivity index (χ2v) is 10.6. The zero-order chi connectivity index (χ0) is 21.9. The number of carbonyl (C=O) groups excluding carboxylic acids is 2. The molecule has 2 aromatic rings. The van der Waals surface area contributed by atoms with Gasteiger partial charge >= 0.3 is 5.97 Å². The lowest BCUT2D eigenvalue weighted by molar-refractivity contribution is -0.116. The minimum atomic E-state index is -3.61. The lowest BCUT2D eigenvalue weighted by Crippen LogP contribution is -2.37. The predicted octanol–water partition coefficient (Wildman–Crippen LogP) is 3.12. The van der Waals surface area contributed by atoms with Crippen LogP contribution in [-0.4, -0.2) is 44.5 Å². The van der Waals surface area contributed by atoms with E-state index in [4.69, 9.17) is 4.74 Å². The number of esters is 1. The number of hydrogen-bond donors (Lipinski definition) is 1. The van der Waals surface area contributed by atoms with Crippen LogP contribution >= 0.6 is 11.3 Å². The Morgan fingerprint density at radius 3 is 2.47 bits per heavy atom. The van der Waals surface area contributed by atoms with Gasteiger partial charge in [-0.05, 0) is 43.7 Å². The Balaban J connectivity index is 1.79. The first-order valence-corrected chi connectivity index (χ1v) is 12.4. The normalized spacial score (nSPS) is 13.7. The van der Waals surface area contributed by atoms with Crippen molar-refractivity contribution in [2.45, 2.75) is 39.2 Å². The number of amides is 1. The van der Waals surface area contributed by atoms with Crippen LogP contribution in [-0.2, 0) is 38.9 Å². The molecule has 30 heavy (non-hydrogen) atoms. The first-order chi connectivity index (χ1) is 14.2. The summed E-state index contributed by atoms with van der Waals surface area (Å²) >= 11 is 1.37. The van der Waals surface area contributed by atoms with Gasteiger partial charge in [0.25, 0.3) is 0 Å². The van der Waals surface area contributed by atoms with Gasteiger partial charge in [0.15, 0.2) is 0 Å². The summed E-state index contributed by atoms with van der Waals surface area (Å²) < 4.78 is 30.5. The fraction of sp³-hybridized carbons (Fsp3) is 0.429. The molecule has 0 spiro atoms. The van der Waals surface area contributed by atoms with Gasteiger partial charge in [-0.1, -0.05) is 29.8 Å². The van der Waals surface area contributed by atoms with E-state index in [1.165, 1.54) is 18.4 Å². The third-order valence-corrected chi connectivity index (χ3v) is 7.49. The molecule has 0 atom stereocenters. The van der Waals surface area contributed by atoms with Crippen molar-refractivity contribution in [1.82, 2.24) is 4.31 Å². The molecular formula is C21H26N2O5S2. The van der Waals surface area contributed by atoms with Crippen LogP contribution in [0.1, 0.15) is 44.8 Å². The number of benzene rings is 1. The number of thiophene rings is 1. The summed E-state index contributed by atoms with van der Waals surface area (Å²) in [6, 6.07) is 7.48. The van der Waals surface area contributed by atoms with Crippen LogP contribution in [0.3, 0.4) is 0 Å². The van der Waals surface area contributed by atoms with Gasteiger partial charge in [0, 0.05) is 11.4 Å². The van der Waals surface area contributed by atoms with Gasteiger partial charge in [0.1, 0.15) is 5.00 Å². The minimum Gasteiger partial charge on any atom is -0.465 e. The van der Waals surface area contributed by atoms with E-state index >= 15 is 0 Å². The van der Waals surface area contributed by atoms with E-state index in [1.54, 1.807) is 0 Å². The van der Waals surface area contributed by atoms with Gasteiger partial charge < -0.3 is 10.1 Å². The van der Waals surface area contributed by atoms with Crippen molar-refractivity contribution < 1.29 is 22.7 Å². The van der Waals surface area contributed by atoms with Gasteiger partial charge in [-0.2, -0.15) is 4.31 Å². The van der Waals surface area contributed by atoms with Crippen molar-refractivity contribution in [2.75, 3.05) is 25.2 Å². The molecule has 1 aliphatic rings. The van der Waals surface area contributed by atoms with Crippen molar-refractivity contribution >= 4 is 38.2 Å². The third kappa shape index (κ3) is 5.27. The lowest BCUT2D eigenvalue weighted by Gasteiger charge is -2.19. The molecule has 1 heterocycles. The smallest absolute Gasteiger partial charge is 0.341 e. The Hall–Kier alpha value is -2.23. The highest BCUT2D eigenvalue weighted by atomic mass is 32.2. The Bertz CT molecular complexity index is 1040. The largest absolute Gasteiger partial charge is 0.465 e. The van der Waals surface area contributed by atoms with Crippen LogP contribution < -0.4 is 5.32 Å². The van der Waals surface area contributed by atoms with Gasteiger partial charge in [-0.3, -0.25) is 4.79 Å². The van der Waals surface area contributed by atoms with Crippen LogP contribution in [0.4, 0.5) is 5.00 Å². The Morgan fingerprint density at radius 1 is 1.17 bits per heavy atom. The zero-order valence-electron chi connectivity index (χ0n) is 17.4. The lowest BCUT2D eigenvalue weighted by atomic mass is 9.95. The number of ether oxygens (including phenoxy) is 1. The number of fused-ring (bicyclic) bond motifs is 1. The summed E-state index contributed by atoms with van der Waals surface area (Å²) in [5.74, 6) is -0.972. The first-order valence-electron chi connectivity index (χ1n) is 9.72. The van der Waals surface area contributed by atoms with Crippen LogP contribution in [0.15, 0.2) is 24.3 Å². The third-order valence-electron chi connectivity index (χ3n) is 5.08. The molecule has 0 saturated heterocycles. The Labute approximate surface area is 181 Å². The predicted molar refractivity (Wildman–Crippen MR) is 117 cm³/mol. The molecule has 0 unspecified atom stereocenters. The number of sulfonamides is 1. The minimum absolute atomic E-state index is 0.0946. The number of nitrogens with zero attached hydrogens (tertiary/aromatic N) is 1. The van der Waals surface area contributed by atoms with Crippen LogP contribution in [0.5, 0.6) is 0 Å². The second kappa shape index (κ2) is 9.28. The van der Waals surface area contributed by atoms with Crippen LogP contribution in [0.25, 0.3) is 0 Å². The molecule has 1 amide bonds. The van der Waals surface area contributed by atoms with E-state index in [-0.39, 0.29) is 13.1 Å². The van der Waals surface area contributed by atoms with Crippen molar-refractivity contribution in [1.29, 1.82) is 0 Å². The summed E-state index contributed by atoms with van der Waals surface area (Å²) in [4.78, 5) is 26.1.